The number of aromatic hydroxyl groups is 4. The molecule has 0 amide bonds. The summed E-state index contributed by atoms with van der Waals surface area (Å²) in [5.74, 6) is -0.267. The molecular weight excluding hydrogens is 280 g/mol. The summed E-state index contributed by atoms with van der Waals surface area (Å²) in [5.41, 5.74) is 1.36. The first kappa shape index (κ1) is 13.1. The van der Waals surface area contributed by atoms with Gasteiger partial charge in [0.2, 0.25) is 0 Å². The van der Waals surface area contributed by atoms with Crippen LogP contribution in [0, 0.1) is 0 Å². The smallest absolute Gasteiger partial charge is 0.135 e. The van der Waals surface area contributed by atoms with E-state index in [4.69, 9.17) is 0 Å². The Morgan fingerprint density at radius 3 is 1.41 bits per heavy atom. The van der Waals surface area contributed by atoms with E-state index in [9.17, 15) is 20.4 Å². The van der Waals surface area contributed by atoms with E-state index in [0.717, 1.165) is 12.8 Å². The third-order valence-corrected chi connectivity index (χ3v) is 4.67. The van der Waals surface area contributed by atoms with E-state index < -0.39 is 0 Å². The molecule has 0 radical (unpaired) electrons. The Kier molecular flexibility index (Phi) is 2.64. The van der Waals surface area contributed by atoms with Crippen LogP contribution in [0.5, 0.6) is 23.0 Å². The average Bonchev–Trinajstić information content (AvgIpc) is 2.56. The molecule has 0 bridgehead atoms. The number of rotatable bonds is 0. The predicted octanol–water partition coefficient (Wildman–Crippen LogP) is 3.69. The van der Waals surface area contributed by atoms with E-state index in [1.807, 2.05) is 0 Å². The summed E-state index contributed by atoms with van der Waals surface area (Å²) in [5, 5.41) is 43.5. The SMILES string of the molecule is Oc1c2c(c(O)c3c(O)c4ccccc4c(O)c13)CCCC2. The van der Waals surface area contributed by atoms with Crippen molar-refractivity contribution in [2.75, 3.05) is 0 Å². The Morgan fingerprint density at radius 1 is 0.591 bits per heavy atom. The van der Waals surface area contributed by atoms with Crippen molar-refractivity contribution in [3.05, 3.63) is 35.4 Å². The third kappa shape index (κ3) is 1.52. The minimum atomic E-state index is -0.107. The van der Waals surface area contributed by atoms with Crippen molar-refractivity contribution in [1.82, 2.24) is 0 Å². The van der Waals surface area contributed by atoms with Crippen LogP contribution in [0.25, 0.3) is 21.5 Å². The summed E-state index contributed by atoms with van der Waals surface area (Å²) in [7, 11) is 0. The molecule has 0 aromatic heterocycles. The van der Waals surface area contributed by atoms with Crippen LogP contribution in [-0.4, -0.2) is 20.4 Å². The normalized spacial score (nSPS) is 14.4. The lowest BCUT2D eigenvalue weighted by Gasteiger charge is -2.22. The van der Waals surface area contributed by atoms with Gasteiger partial charge in [-0.3, -0.25) is 0 Å². The summed E-state index contributed by atoms with van der Waals surface area (Å²) < 4.78 is 0. The van der Waals surface area contributed by atoms with Gasteiger partial charge in [0.05, 0.1) is 10.8 Å². The van der Waals surface area contributed by atoms with E-state index in [-0.39, 0.29) is 33.8 Å². The number of phenolic OH excluding ortho intramolecular Hbond substituents is 4. The van der Waals surface area contributed by atoms with Crippen LogP contribution in [0.15, 0.2) is 24.3 Å². The van der Waals surface area contributed by atoms with Crippen molar-refractivity contribution in [3.8, 4) is 23.0 Å². The van der Waals surface area contributed by atoms with Crippen molar-refractivity contribution < 1.29 is 20.4 Å². The van der Waals surface area contributed by atoms with Crippen LogP contribution in [0.4, 0.5) is 0 Å². The third-order valence-electron chi connectivity index (χ3n) is 4.67. The zero-order valence-electron chi connectivity index (χ0n) is 11.9. The zero-order chi connectivity index (χ0) is 15.4. The van der Waals surface area contributed by atoms with Gasteiger partial charge >= 0.3 is 0 Å². The van der Waals surface area contributed by atoms with Gasteiger partial charge in [-0.05, 0) is 25.7 Å². The lowest BCUT2D eigenvalue weighted by Crippen LogP contribution is -2.04. The molecule has 3 aromatic carbocycles. The van der Waals surface area contributed by atoms with Crippen molar-refractivity contribution >= 4 is 21.5 Å². The molecule has 4 N–H and O–H groups in total. The topological polar surface area (TPSA) is 80.9 Å². The molecule has 4 nitrogen and oxygen atoms in total. The van der Waals surface area contributed by atoms with Gasteiger partial charge in [0.25, 0.3) is 0 Å². The van der Waals surface area contributed by atoms with Gasteiger partial charge in [-0.1, -0.05) is 24.3 Å². The summed E-state index contributed by atoms with van der Waals surface area (Å²) in [4.78, 5) is 0. The standard InChI is InChI=1S/C18H16O4/c19-15-9-5-1-2-6-10(9)16(20)14-13(15)17(21)11-7-3-4-8-12(11)18(14)22/h1-2,5-6,19-22H,3-4,7-8H2. The molecule has 4 heteroatoms. The molecule has 0 atom stereocenters. The highest BCUT2D eigenvalue weighted by atomic mass is 16.3. The maximum Gasteiger partial charge on any atom is 0.135 e. The zero-order valence-corrected chi connectivity index (χ0v) is 11.9. The molecule has 4 rings (SSSR count). The Morgan fingerprint density at radius 2 is 1.00 bits per heavy atom. The molecule has 0 unspecified atom stereocenters. The molecular formula is C18H16O4. The van der Waals surface area contributed by atoms with Crippen LogP contribution in [0.1, 0.15) is 24.0 Å². The maximum atomic E-state index is 10.6. The van der Waals surface area contributed by atoms with Crippen LogP contribution in [-0.2, 0) is 12.8 Å². The molecule has 0 heterocycles. The number of phenols is 4. The van der Waals surface area contributed by atoms with E-state index in [1.165, 1.54) is 0 Å². The fourth-order valence-electron chi connectivity index (χ4n) is 3.59. The number of hydrogen-bond donors (Lipinski definition) is 4. The number of hydrogen-bond acceptors (Lipinski definition) is 4. The van der Waals surface area contributed by atoms with Crippen molar-refractivity contribution in [1.29, 1.82) is 0 Å². The van der Waals surface area contributed by atoms with Crippen LogP contribution in [0.2, 0.25) is 0 Å². The molecule has 0 fully saturated rings. The van der Waals surface area contributed by atoms with Crippen LogP contribution in [0.3, 0.4) is 0 Å². The summed E-state index contributed by atoms with van der Waals surface area (Å²) in [6, 6.07) is 6.87. The van der Waals surface area contributed by atoms with Gasteiger partial charge in [0, 0.05) is 21.9 Å². The molecule has 0 saturated carbocycles. The molecule has 1 aliphatic carbocycles. The van der Waals surface area contributed by atoms with Gasteiger partial charge in [-0.15, -0.1) is 0 Å². The first-order valence-electron chi connectivity index (χ1n) is 7.43. The van der Waals surface area contributed by atoms with E-state index in [2.05, 4.69) is 0 Å². The van der Waals surface area contributed by atoms with Crippen molar-refractivity contribution in [2.45, 2.75) is 25.7 Å². The van der Waals surface area contributed by atoms with E-state index in [0.29, 0.717) is 34.7 Å². The van der Waals surface area contributed by atoms with Gasteiger partial charge in [0.1, 0.15) is 23.0 Å². The van der Waals surface area contributed by atoms with Gasteiger partial charge in [0.15, 0.2) is 0 Å². The maximum absolute atomic E-state index is 10.6. The minimum Gasteiger partial charge on any atom is -0.507 e. The Balaban J connectivity index is 2.30. The molecule has 1 aliphatic rings. The Bertz CT molecular complexity index is 852. The van der Waals surface area contributed by atoms with Gasteiger partial charge in [-0.25, -0.2) is 0 Å². The largest absolute Gasteiger partial charge is 0.507 e. The highest BCUT2D eigenvalue weighted by molar-refractivity contribution is 6.15. The second kappa shape index (κ2) is 4.44. The summed E-state index contributed by atoms with van der Waals surface area (Å²) in [6.07, 6.45) is 3.20. The fourth-order valence-corrected chi connectivity index (χ4v) is 3.59. The Hall–Kier alpha value is -2.62. The first-order valence-corrected chi connectivity index (χ1v) is 7.43. The second-order valence-corrected chi connectivity index (χ2v) is 5.85. The predicted molar refractivity (Wildman–Crippen MR) is 84.8 cm³/mol. The molecule has 3 aromatic rings. The lowest BCUT2D eigenvalue weighted by molar-refractivity contribution is 0.437. The van der Waals surface area contributed by atoms with E-state index in [1.54, 1.807) is 24.3 Å². The van der Waals surface area contributed by atoms with Crippen molar-refractivity contribution in [3.63, 3.8) is 0 Å². The summed E-state index contributed by atoms with van der Waals surface area (Å²) >= 11 is 0. The minimum absolute atomic E-state index is 0.0268. The molecule has 0 aliphatic heterocycles. The van der Waals surface area contributed by atoms with Gasteiger partial charge < -0.3 is 20.4 Å². The highest BCUT2D eigenvalue weighted by Crippen LogP contribution is 2.52. The summed E-state index contributed by atoms with van der Waals surface area (Å²) in [6.45, 7) is 0. The monoisotopic (exact) mass is 296 g/mol. The quantitative estimate of drug-likeness (QED) is 0.377. The van der Waals surface area contributed by atoms with E-state index >= 15 is 0 Å². The highest BCUT2D eigenvalue weighted by Gasteiger charge is 2.26. The molecule has 0 saturated heterocycles. The van der Waals surface area contributed by atoms with Crippen molar-refractivity contribution in [2.24, 2.45) is 0 Å². The lowest BCUT2D eigenvalue weighted by atomic mass is 9.86. The van der Waals surface area contributed by atoms with Crippen LogP contribution >= 0.6 is 0 Å². The van der Waals surface area contributed by atoms with Crippen LogP contribution < -0.4 is 0 Å². The average molecular weight is 296 g/mol. The number of benzene rings is 3. The molecule has 112 valence electrons. The first-order chi connectivity index (χ1) is 10.6. The fraction of sp³-hybridized carbons (Fsp3) is 0.222. The number of fused-ring (bicyclic) bond motifs is 3. The Labute approximate surface area is 126 Å². The van der Waals surface area contributed by atoms with Gasteiger partial charge in [-0.2, -0.15) is 0 Å². The molecule has 22 heavy (non-hydrogen) atoms. The molecule has 0 spiro atoms. The second-order valence-electron chi connectivity index (χ2n) is 5.85.